The lowest BCUT2D eigenvalue weighted by Gasteiger charge is -2.27. The molecule has 0 saturated heterocycles. The van der Waals surface area contributed by atoms with Crippen LogP contribution in [-0.2, 0) is 4.79 Å². The molecule has 1 unspecified atom stereocenters. The molecule has 114 valence electrons. The summed E-state index contributed by atoms with van der Waals surface area (Å²) in [7, 11) is 1.53. The summed E-state index contributed by atoms with van der Waals surface area (Å²) < 4.78 is 5.25. The molecule has 21 heavy (non-hydrogen) atoms. The normalized spacial score (nSPS) is 12.2. The van der Waals surface area contributed by atoms with Crippen molar-refractivity contribution in [2.75, 3.05) is 12.4 Å². The van der Waals surface area contributed by atoms with Gasteiger partial charge >= 0.3 is 0 Å². The molecule has 0 aliphatic carbocycles. The Bertz CT molecular complexity index is 547. The highest BCUT2D eigenvalue weighted by Crippen LogP contribution is 2.28. The van der Waals surface area contributed by atoms with Gasteiger partial charge in [-0.3, -0.25) is 4.79 Å². The van der Waals surface area contributed by atoms with Crippen molar-refractivity contribution in [3.8, 4) is 11.8 Å². The first-order valence-corrected chi connectivity index (χ1v) is 7.00. The maximum absolute atomic E-state index is 12.2. The second-order valence-electron chi connectivity index (χ2n) is 5.59. The van der Waals surface area contributed by atoms with Crippen LogP contribution in [0.3, 0.4) is 0 Å². The minimum absolute atomic E-state index is 0.114. The van der Waals surface area contributed by atoms with Gasteiger partial charge in [0.15, 0.2) is 0 Å². The average molecular weight is 289 g/mol. The van der Waals surface area contributed by atoms with Gasteiger partial charge in [0.1, 0.15) is 17.9 Å². The van der Waals surface area contributed by atoms with Crippen molar-refractivity contribution in [2.24, 2.45) is 0 Å². The molecule has 1 aromatic rings. The summed E-state index contributed by atoms with van der Waals surface area (Å²) in [6.07, 6.45) is 0.837. The Balaban J connectivity index is 2.91. The number of amides is 1. The minimum Gasteiger partial charge on any atom is -0.495 e. The van der Waals surface area contributed by atoms with Gasteiger partial charge in [0.25, 0.3) is 0 Å². The van der Waals surface area contributed by atoms with Crippen LogP contribution < -0.4 is 15.4 Å². The van der Waals surface area contributed by atoms with E-state index >= 15 is 0 Å². The minimum atomic E-state index is -0.473. The summed E-state index contributed by atoms with van der Waals surface area (Å²) in [6, 6.07) is 6.81. The number of benzene rings is 1. The van der Waals surface area contributed by atoms with Crippen LogP contribution in [0.25, 0.3) is 0 Å². The molecule has 1 atom stereocenters. The Hall–Kier alpha value is -2.22. The highest BCUT2D eigenvalue weighted by atomic mass is 16.5. The molecular weight excluding hydrogens is 266 g/mol. The van der Waals surface area contributed by atoms with Crippen molar-refractivity contribution in [1.82, 2.24) is 5.32 Å². The Labute approximate surface area is 126 Å². The van der Waals surface area contributed by atoms with Gasteiger partial charge in [-0.25, -0.2) is 0 Å². The number of nitrogens with one attached hydrogen (secondary N) is 2. The number of carbonyl (C=O) groups excluding carboxylic acids is 1. The highest BCUT2D eigenvalue weighted by molar-refractivity contribution is 5.86. The van der Waals surface area contributed by atoms with Gasteiger partial charge in [0, 0.05) is 5.54 Å². The van der Waals surface area contributed by atoms with Crippen LogP contribution in [0.4, 0.5) is 5.69 Å². The Morgan fingerprint density at radius 1 is 1.48 bits per heavy atom. The van der Waals surface area contributed by atoms with E-state index in [4.69, 9.17) is 10.00 Å². The van der Waals surface area contributed by atoms with Crippen LogP contribution in [0.15, 0.2) is 18.2 Å². The number of para-hydroxylation sites is 1. The summed E-state index contributed by atoms with van der Waals surface area (Å²) in [5.41, 5.74) is 0.731. The zero-order valence-corrected chi connectivity index (χ0v) is 13.3. The van der Waals surface area contributed by atoms with Crippen LogP contribution in [0, 0.1) is 11.3 Å². The summed E-state index contributed by atoms with van der Waals surface area (Å²) in [6.45, 7) is 7.73. The molecule has 0 heterocycles. The van der Waals surface area contributed by atoms with Crippen molar-refractivity contribution in [3.05, 3.63) is 23.8 Å². The zero-order chi connectivity index (χ0) is 16.0. The monoisotopic (exact) mass is 289 g/mol. The largest absolute Gasteiger partial charge is 0.495 e. The number of nitriles is 1. The van der Waals surface area contributed by atoms with E-state index < -0.39 is 6.04 Å². The molecule has 0 fully saturated rings. The molecular formula is C16H23N3O2. The van der Waals surface area contributed by atoms with Crippen LogP contribution in [0.5, 0.6) is 5.75 Å². The number of methoxy groups -OCH3 is 1. The van der Waals surface area contributed by atoms with E-state index in [0.29, 0.717) is 17.0 Å². The Morgan fingerprint density at radius 3 is 2.67 bits per heavy atom. The molecule has 2 N–H and O–H groups in total. The molecule has 5 nitrogen and oxygen atoms in total. The number of hydrogen-bond donors (Lipinski definition) is 2. The maximum Gasteiger partial charge on any atom is 0.242 e. The molecule has 0 radical (unpaired) electrons. The van der Waals surface area contributed by atoms with E-state index in [1.807, 2.05) is 20.8 Å². The first kappa shape index (κ1) is 16.8. The highest BCUT2D eigenvalue weighted by Gasteiger charge is 2.23. The van der Waals surface area contributed by atoms with Gasteiger partial charge in [0.05, 0.1) is 18.4 Å². The Kier molecular flexibility index (Phi) is 5.60. The summed E-state index contributed by atoms with van der Waals surface area (Å²) in [5.74, 6) is 0.431. The molecule has 1 rings (SSSR count). The lowest BCUT2D eigenvalue weighted by molar-refractivity contribution is -0.123. The lowest BCUT2D eigenvalue weighted by atomic mass is 10.0. The fourth-order valence-electron chi connectivity index (χ4n) is 1.76. The molecule has 0 aliphatic heterocycles. The topological polar surface area (TPSA) is 74.2 Å². The Morgan fingerprint density at radius 2 is 2.14 bits per heavy atom. The van der Waals surface area contributed by atoms with E-state index in [1.165, 1.54) is 7.11 Å². The van der Waals surface area contributed by atoms with Crippen molar-refractivity contribution < 1.29 is 9.53 Å². The summed E-state index contributed by atoms with van der Waals surface area (Å²) in [5, 5.41) is 15.2. The lowest BCUT2D eigenvalue weighted by Crippen LogP contribution is -2.48. The fourth-order valence-corrected chi connectivity index (χ4v) is 1.76. The standard InChI is InChI=1S/C16H23N3O2/c1-6-16(3,4)19-15(20)11(2)18-14-12(10-17)8-7-9-13(14)21-5/h7-9,11,18H,6H2,1-5H3,(H,19,20). The van der Waals surface area contributed by atoms with E-state index in [0.717, 1.165) is 6.42 Å². The SMILES string of the molecule is CCC(C)(C)NC(=O)C(C)Nc1c(C#N)cccc1OC. The maximum atomic E-state index is 12.2. The molecule has 0 bridgehead atoms. The first-order chi connectivity index (χ1) is 9.84. The number of carbonyl (C=O) groups is 1. The predicted octanol–water partition coefficient (Wildman–Crippen LogP) is 2.67. The molecule has 0 saturated carbocycles. The van der Waals surface area contributed by atoms with E-state index in [1.54, 1.807) is 25.1 Å². The third-order valence-electron chi connectivity index (χ3n) is 3.47. The van der Waals surface area contributed by atoms with E-state index in [-0.39, 0.29) is 11.4 Å². The number of ether oxygens (including phenoxy) is 1. The second-order valence-corrected chi connectivity index (χ2v) is 5.59. The van der Waals surface area contributed by atoms with Crippen molar-refractivity contribution in [3.63, 3.8) is 0 Å². The number of rotatable bonds is 6. The van der Waals surface area contributed by atoms with Gasteiger partial charge in [-0.2, -0.15) is 5.26 Å². The van der Waals surface area contributed by atoms with Crippen molar-refractivity contribution >= 4 is 11.6 Å². The molecule has 1 amide bonds. The van der Waals surface area contributed by atoms with Crippen molar-refractivity contribution in [2.45, 2.75) is 45.7 Å². The average Bonchev–Trinajstić information content (AvgIpc) is 2.46. The third-order valence-corrected chi connectivity index (χ3v) is 3.47. The second kappa shape index (κ2) is 6.98. The third kappa shape index (κ3) is 4.38. The number of nitrogens with zero attached hydrogens (tertiary/aromatic N) is 1. The zero-order valence-electron chi connectivity index (χ0n) is 13.3. The van der Waals surface area contributed by atoms with Gasteiger partial charge in [0.2, 0.25) is 5.91 Å². The molecule has 0 aliphatic rings. The van der Waals surface area contributed by atoms with Crippen LogP contribution in [-0.4, -0.2) is 24.6 Å². The summed E-state index contributed by atoms with van der Waals surface area (Å²) in [4.78, 5) is 12.2. The van der Waals surface area contributed by atoms with Crippen LogP contribution in [0.1, 0.15) is 39.7 Å². The van der Waals surface area contributed by atoms with Gasteiger partial charge in [-0.05, 0) is 39.3 Å². The van der Waals surface area contributed by atoms with Crippen LogP contribution >= 0.6 is 0 Å². The van der Waals surface area contributed by atoms with E-state index in [9.17, 15) is 4.79 Å². The quantitative estimate of drug-likeness (QED) is 0.844. The smallest absolute Gasteiger partial charge is 0.242 e. The molecule has 0 spiro atoms. The molecule has 1 aromatic carbocycles. The fraction of sp³-hybridized carbons (Fsp3) is 0.500. The first-order valence-electron chi connectivity index (χ1n) is 7.00. The van der Waals surface area contributed by atoms with Gasteiger partial charge in [-0.15, -0.1) is 0 Å². The molecule has 0 aromatic heterocycles. The predicted molar refractivity (Wildman–Crippen MR) is 83.3 cm³/mol. The number of anilines is 1. The van der Waals surface area contributed by atoms with Gasteiger partial charge in [-0.1, -0.05) is 13.0 Å². The van der Waals surface area contributed by atoms with Crippen LogP contribution in [0.2, 0.25) is 0 Å². The molecule has 5 heteroatoms. The van der Waals surface area contributed by atoms with Gasteiger partial charge < -0.3 is 15.4 Å². The number of hydrogen-bond acceptors (Lipinski definition) is 4. The van der Waals surface area contributed by atoms with E-state index in [2.05, 4.69) is 16.7 Å². The van der Waals surface area contributed by atoms with Crippen molar-refractivity contribution in [1.29, 1.82) is 5.26 Å². The summed E-state index contributed by atoms with van der Waals surface area (Å²) >= 11 is 0.